The molecule has 0 saturated carbocycles. The van der Waals surface area contributed by atoms with Crippen molar-refractivity contribution in [3.8, 4) is 23.3 Å². The Bertz CT molecular complexity index is 1640. The number of carbonyl (C=O) groups is 3. The monoisotopic (exact) mass is 635 g/mol. The maximum atomic E-state index is 13.1. The van der Waals surface area contributed by atoms with Crippen LogP contribution in [0, 0.1) is 11.3 Å². The summed E-state index contributed by atoms with van der Waals surface area (Å²) in [5.41, 5.74) is 3.57. The van der Waals surface area contributed by atoms with Crippen LogP contribution >= 0.6 is 23.2 Å². The molecule has 3 aromatic rings. The summed E-state index contributed by atoms with van der Waals surface area (Å²) in [6.45, 7) is 0.548. The molecule has 0 atom stereocenters. The lowest BCUT2D eigenvalue weighted by molar-refractivity contribution is -0.274. The van der Waals surface area contributed by atoms with Crippen LogP contribution in [0.15, 0.2) is 59.7 Å². The first-order chi connectivity index (χ1) is 20.3. The first-order valence-electron chi connectivity index (χ1n) is 12.0. The number of anilines is 1. The van der Waals surface area contributed by atoms with E-state index in [0.717, 1.165) is 0 Å². The van der Waals surface area contributed by atoms with Crippen LogP contribution in [0.3, 0.4) is 0 Å². The summed E-state index contributed by atoms with van der Waals surface area (Å²) < 4.78 is 46.9. The highest BCUT2D eigenvalue weighted by atomic mass is 35.5. The fourth-order valence-corrected chi connectivity index (χ4v) is 4.55. The van der Waals surface area contributed by atoms with Gasteiger partial charge in [-0.3, -0.25) is 20.3 Å². The molecule has 0 radical (unpaired) electrons. The molecule has 0 spiro atoms. The standard InChI is InChI=1S/C27H18Cl2F3N5O6/c28-20-10-16(35-36-22(12-33)24(38)34-26(40)41)11-21(29)23(20)42-18-5-6-19-15(9-18)7-8-37(25(19)39)13-14-1-3-17(4-2-14)43-27(30,31)32/h1-6,9-11,35H,7-8,13H2,(H,34,38)(H,40,41). The number of nitriles is 1. The van der Waals surface area contributed by atoms with Gasteiger partial charge in [-0.2, -0.15) is 10.4 Å². The molecule has 0 bridgehead atoms. The lowest BCUT2D eigenvalue weighted by atomic mass is 9.98. The van der Waals surface area contributed by atoms with Gasteiger partial charge in [-0.05, 0) is 60.0 Å². The van der Waals surface area contributed by atoms with E-state index in [1.54, 1.807) is 23.1 Å². The maximum absolute atomic E-state index is 13.1. The molecule has 3 N–H and O–H groups in total. The zero-order chi connectivity index (χ0) is 31.3. The summed E-state index contributed by atoms with van der Waals surface area (Å²) in [6.07, 6.45) is -5.97. The van der Waals surface area contributed by atoms with E-state index in [9.17, 15) is 27.6 Å². The van der Waals surface area contributed by atoms with Crippen molar-refractivity contribution >= 4 is 52.5 Å². The number of amides is 3. The second-order valence-electron chi connectivity index (χ2n) is 8.80. The molecule has 4 rings (SSSR count). The second-order valence-corrected chi connectivity index (χ2v) is 9.62. The lowest BCUT2D eigenvalue weighted by Gasteiger charge is -2.29. The molecule has 222 valence electrons. The Morgan fingerprint density at radius 3 is 2.33 bits per heavy atom. The highest BCUT2D eigenvalue weighted by Crippen LogP contribution is 2.39. The number of carbonyl (C=O) groups excluding carboxylic acids is 2. The molecule has 1 aliphatic heterocycles. The summed E-state index contributed by atoms with van der Waals surface area (Å²) in [5, 5.41) is 22.7. The van der Waals surface area contributed by atoms with Crippen molar-refractivity contribution in [1.29, 1.82) is 5.26 Å². The normalized spacial score (nSPS) is 13.1. The van der Waals surface area contributed by atoms with Crippen molar-refractivity contribution < 1.29 is 42.1 Å². The van der Waals surface area contributed by atoms with Gasteiger partial charge in [-0.1, -0.05) is 35.3 Å². The van der Waals surface area contributed by atoms with Crippen LogP contribution in [0.2, 0.25) is 10.0 Å². The number of halogens is 5. The SMILES string of the molecule is N#CC(=NNc1cc(Cl)c(Oc2ccc3c(c2)CCN(Cc2ccc(OC(F)(F)F)cc2)C3=O)c(Cl)c1)C(=O)NC(=O)O. The zero-order valence-electron chi connectivity index (χ0n) is 21.5. The Hall–Kier alpha value is -5.00. The third kappa shape index (κ3) is 8.06. The van der Waals surface area contributed by atoms with Gasteiger partial charge in [0.05, 0.1) is 15.7 Å². The van der Waals surface area contributed by atoms with Gasteiger partial charge >= 0.3 is 12.5 Å². The summed E-state index contributed by atoms with van der Waals surface area (Å²) in [6, 6.07) is 14.2. The van der Waals surface area contributed by atoms with Gasteiger partial charge in [0.2, 0.25) is 5.71 Å². The average molecular weight is 636 g/mol. The van der Waals surface area contributed by atoms with Gasteiger partial charge in [0, 0.05) is 18.7 Å². The van der Waals surface area contributed by atoms with E-state index < -0.39 is 24.1 Å². The molecule has 0 fully saturated rings. The molecule has 0 aliphatic carbocycles. The summed E-state index contributed by atoms with van der Waals surface area (Å²) in [5.74, 6) is -1.44. The molecule has 3 amide bonds. The first kappa shape index (κ1) is 30.9. The van der Waals surface area contributed by atoms with Crippen molar-refractivity contribution in [2.45, 2.75) is 19.3 Å². The number of nitrogens with zero attached hydrogens (tertiary/aromatic N) is 3. The number of fused-ring (bicyclic) bond motifs is 1. The van der Waals surface area contributed by atoms with E-state index in [1.807, 2.05) is 0 Å². The molecule has 11 nitrogen and oxygen atoms in total. The average Bonchev–Trinajstić information content (AvgIpc) is 2.92. The van der Waals surface area contributed by atoms with Gasteiger partial charge in [-0.25, -0.2) is 4.79 Å². The third-order valence-electron chi connectivity index (χ3n) is 5.83. The molecular weight excluding hydrogens is 618 g/mol. The number of hydrogen-bond acceptors (Lipinski definition) is 8. The van der Waals surface area contributed by atoms with E-state index in [2.05, 4.69) is 15.3 Å². The molecule has 3 aromatic carbocycles. The van der Waals surface area contributed by atoms with Gasteiger partial charge in [0.15, 0.2) is 5.75 Å². The Morgan fingerprint density at radius 1 is 1.07 bits per heavy atom. The number of rotatable bonds is 8. The van der Waals surface area contributed by atoms with Crippen molar-refractivity contribution in [2.75, 3.05) is 12.0 Å². The molecule has 16 heteroatoms. The van der Waals surface area contributed by atoms with Crippen molar-refractivity contribution in [3.63, 3.8) is 0 Å². The number of carboxylic acid groups (broad SMARTS) is 1. The minimum atomic E-state index is -4.79. The number of benzene rings is 3. The van der Waals surface area contributed by atoms with E-state index >= 15 is 0 Å². The number of hydrogen-bond donors (Lipinski definition) is 3. The molecule has 0 unspecified atom stereocenters. The smallest absolute Gasteiger partial charge is 0.465 e. The van der Waals surface area contributed by atoms with Crippen LogP contribution < -0.4 is 20.2 Å². The first-order valence-corrected chi connectivity index (χ1v) is 12.8. The number of ether oxygens (including phenoxy) is 2. The second kappa shape index (κ2) is 12.9. The number of hydrazone groups is 1. The lowest BCUT2D eigenvalue weighted by Crippen LogP contribution is -2.37. The highest BCUT2D eigenvalue weighted by molar-refractivity contribution is 6.46. The van der Waals surface area contributed by atoms with Gasteiger partial charge in [0.25, 0.3) is 11.8 Å². The van der Waals surface area contributed by atoms with Gasteiger partial charge in [-0.15, -0.1) is 13.2 Å². The topological polar surface area (TPSA) is 153 Å². The Labute approximate surface area is 251 Å². The fourth-order valence-electron chi connectivity index (χ4n) is 3.99. The Kier molecular flexibility index (Phi) is 9.27. The van der Waals surface area contributed by atoms with E-state index in [1.165, 1.54) is 47.8 Å². The van der Waals surface area contributed by atoms with E-state index in [0.29, 0.717) is 35.4 Å². The molecule has 1 heterocycles. The fraction of sp³-hybridized carbons (Fsp3) is 0.148. The van der Waals surface area contributed by atoms with Crippen LogP contribution in [0.1, 0.15) is 21.5 Å². The van der Waals surface area contributed by atoms with Crippen LogP contribution in [-0.2, 0) is 17.8 Å². The van der Waals surface area contributed by atoms with Gasteiger partial charge < -0.3 is 19.5 Å². The molecule has 43 heavy (non-hydrogen) atoms. The number of nitrogens with one attached hydrogen (secondary N) is 2. The maximum Gasteiger partial charge on any atom is 0.573 e. The Morgan fingerprint density at radius 2 is 1.72 bits per heavy atom. The Balaban J connectivity index is 1.43. The van der Waals surface area contributed by atoms with Gasteiger partial charge in [0.1, 0.15) is 17.6 Å². The van der Waals surface area contributed by atoms with Crippen LogP contribution in [0.25, 0.3) is 0 Å². The minimum absolute atomic E-state index is 0.0327. The number of alkyl halides is 3. The van der Waals surface area contributed by atoms with E-state index in [-0.39, 0.29) is 39.7 Å². The van der Waals surface area contributed by atoms with Crippen LogP contribution in [-0.4, -0.2) is 46.5 Å². The van der Waals surface area contributed by atoms with E-state index in [4.69, 9.17) is 38.3 Å². The highest BCUT2D eigenvalue weighted by Gasteiger charge is 2.31. The predicted molar refractivity (Wildman–Crippen MR) is 147 cm³/mol. The minimum Gasteiger partial charge on any atom is -0.465 e. The molecule has 0 aromatic heterocycles. The van der Waals surface area contributed by atoms with Crippen LogP contribution in [0.5, 0.6) is 17.2 Å². The van der Waals surface area contributed by atoms with Crippen LogP contribution in [0.4, 0.5) is 23.7 Å². The molecular formula is C27H18Cl2F3N5O6. The molecule has 1 aliphatic rings. The van der Waals surface area contributed by atoms with Crippen molar-refractivity contribution in [1.82, 2.24) is 10.2 Å². The zero-order valence-corrected chi connectivity index (χ0v) is 23.0. The summed E-state index contributed by atoms with van der Waals surface area (Å²) in [4.78, 5) is 36.9. The number of imide groups is 1. The summed E-state index contributed by atoms with van der Waals surface area (Å²) >= 11 is 12.6. The summed E-state index contributed by atoms with van der Waals surface area (Å²) in [7, 11) is 0. The largest absolute Gasteiger partial charge is 0.573 e. The molecule has 0 saturated heterocycles. The predicted octanol–water partition coefficient (Wildman–Crippen LogP) is 5.97. The third-order valence-corrected chi connectivity index (χ3v) is 6.39. The quantitative estimate of drug-likeness (QED) is 0.202. The van der Waals surface area contributed by atoms with Crippen molar-refractivity contribution in [2.24, 2.45) is 5.10 Å². The van der Waals surface area contributed by atoms with Crippen molar-refractivity contribution in [3.05, 3.63) is 81.3 Å².